The van der Waals surface area contributed by atoms with Crippen LogP contribution in [0.25, 0.3) is 0 Å². The maximum atomic E-state index is 5.86. The van der Waals surface area contributed by atoms with Crippen LogP contribution in [0.1, 0.15) is 16.9 Å². The average Bonchev–Trinajstić information content (AvgIpc) is 2.83. The first-order valence-electron chi connectivity index (χ1n) is 5.84. The Labute approximate surface area is 102 Å². The first-order chi connectivity index (χ1) is 8.27. The van der Waals surface area contributed by atoms with E-state index in [4.69, 9.17) is 10.2 Å². The van der Waals surface area contributed by atoms with Crippen molar-refractivity contribution in [3.05, 3.63) is 53.5 Å². The number of hydrogen-bond donors (Lipinski definition) is 2. The molecule has 0 fully saturated rings. The zero-order chi connectivity index (χ0) is 12.1. The summed E-state index contributed by atoms with van der Waals surface area (Å²) < 4.78 is 5.27. The predicted molar refractivity (Wildman–Crippen MR) is 69.7 cm³/mol. The minimum Gasteiger partial charge on any atom is -0.469 e. The number of furan rings is 1. The Kier molecular flexibility index (Phi) is 3.83. The van der Waals surface area contributed by atoms with Gasteiger partial charge in [-0.25, -0.2) is 0 Å². The molecule has 0 aliphatic carbocycles. The van der Waals surface area contributed by atoms with Gasteiger partial charge < -0.3 is 15.5 Å². The minimum absolute atomic E-state index is 0.845. The van der Waals surface area contributed by atoms with E-state index in [0.717, 1.165) is 36.5 Å². The Morgan fingerprint density at radius 3 is 2.88 bits per heavy atom. The van der Waals surface area contributed by atoms with Crippen LogP contribution in [0.3, 0.4) is 0 Å². The summed E-state index contributed by atoms with van der Waals surface area (Å²) in [7, 11) is 0. The van der Waals surface area contributed by atoms with Gasteiger partial charge in [0.15, 0.2) is 0 Å². The molecule has 2 aromatic rings. The Bertz CT molecular complexity index is 463. The molecular formula is C14H18N2O. The molecule has 0 radical (unpaired) electrons. The fraction of sp³-hybridized carbons (Fsp3) is 0.286. The van der Waals surface area contributed by atoms with Gasteiger partial charge in [0.1, 0.15) is 5.76 Å². The summed E-state index contributed by atoms with van der Waals surface area (Å²) in [5.41, 5.74) is 9.13. The number of nitrogens with two attached hydrogens (primary N) is 1. The highest BCUT2D eigenvalue weighted by Crippen LogP contribution is 2.14. The lowest BCUT2D eigenvalue weighted by molar-refractivity contribution is 0.498. The fourth-order valence-electron chi connectivity index (χ4n) is 1.78. The van der Waals surface area contributed by atoms with Crippen molar-refractivity contribution in [1.82, 2.24) is 5.32 Å². The third kappa shape index (κ3) is 3.11. The molecule has 1 heterocycles. The second kappa shape index (κ2) is 5.55. The predicted octanol–water partition coefficient (Wildman–Crippen LogP) is 2.50. The van der Waals surface area contributed by atoms with Crippen LogP contribution >= 0.6 is 0 Å². The van der Waals surface area contributed by atoms with Crippen LogP contribution in [-0.4, -0.2) is 6.54 Å². The van der Waals surface area contributed by atoms with Gasteiger partial charge >= 0.3 is 0 Å². The van der Waals surface area contributed by atoms with E-state index in [1.165, 1.54) is 5.56 Å². The largest absolute Gasteiger partial charge is 0.469 e. The van der Waals surface area contributed by atoms with Crippen molar-refractivity contribution >= 4 is 5.69 Å². The van der Waals surface area contributed by atoms with Crippen molar-refractivity contribution in [2.75, 3.05) is 12.3 Å². The maximum Gasteiger partial charge on any atom is 0.105 e. The molecule has 17 heavy (non-hydrogen) atoms. The van der Waals surface area contributed by atoms with Crippen LogP contribution in [0.5, 0.6) is 0 Å². The van der Waals surface area contributed by atoms with Crippen LogP contribution in [0.15, 0.2) is 41.0 Å². The van der Waals surface area contributed by atoms with Gasteiger partial charge in [-0.2, -0.15) is 0 Å². The molecule has 3 nitrogen and oxygen atoms in total. The minimum atomic E-state index is 0.845. The molecule has 3 N–H and O–H groups in total. The second-order valence-electron chi connectivity index (χ2n) is 4.14. The van der Waals surface area contributed by atoms with Crippen molar-refractivity contribution in [3.8, 4) is 0 Å². The van der Waals surface area contributed by atoms with E-state index in [9.17, 15) is 0 Å². The highest BCUT2D eigenvalue weighted by molar-refractivity contribution is 5.49. The standard InChI is InChI=1S/C14H18N2O/c1-11-12(4-2-6-14(11)15)10-16-8-7-13-5-3-9-17-13/h2-6,9,16H,7-8,10,15H2,1H3. The average molecular weight is 230 g/mol. The van der Waals surface area contributed by atoms with E-state index in [2.05, 4.69) is 18.3 Å². The normalized spacial score (nSPS) is 10.6. The fourth-order valence-corrected chi connectivity index (χ4v) is 1.78. The van der Waals surface area contributed by atoms with Gasteiger partial charge in [0.2, 0.25) is 0 Å². The van der Waals surface area contributed by atoms with Gasteiger partial charge in [0, 0.05) is 25.2 Å². The molecule has 1 aromatic heterocycles. The van der Waals surface area contributed by atoms with Crippen molar-refractivity contribution in [3.63, 3.8) is 0 Å². The summed E-state index contributed by atoms with van der Waals surface area (Å²) in [4.78, 5) is 0. The quantitative estimate of drug-likeness (QED) is 0.613. The van der Waals surface area contributed by atoms with Crippen LogP contribution in [0.4, 0.5) is 5.69 Å². The molecule has 0 saturated carbocycles. The van der Waals surface area contributed by atoms with Crippen LogP contribution in [0, 0.1) is 6.92 Å². The van der Waals surface area contributed by atoms with Gasteiger partial charge in [-0.05, 0) is 36.2 Å². The number of hydrogen-bond acceptors (Lipinski definition) is 3. The summed E-state index contributed by atoms with van der Waals surface area (Å²) in [6.07, 6.45) is 2.62. The van der Waals surface area contributed by atoms with Crippen molar-refractivity contribution in [1.29, 1.82) is 0 Å². The Morgan fingerprint density at radius 1 is 1.24 bits per heavy atom. The lowest BCUT2D eigenvalue weighted by Gasteiger charge is -2.09. The molecule has 90 valence electrons. The smallest absolute Gasteiger partial charge is 0.105 e. The van der Waals surface area contributed by atoms with Crippen molar-refractivity contribution < 1.29 is 4.42 Å². The molecule has 0 aliphatic heterocycles. The Hall–Kier alpha value is -1.74. The first-order valence-corrected chi connectivity index (χ1v) is 5.84. The Balaban J connectivity index is 1.80. The number of benzene rings is 1. The highest BCUT2D eigenvalue weighted by atomic mass is 16.3. The number of anilines is 1. The third-order valence-corrected chi connectivity index (χ3v) is 2.93. The second-order valence-corrected chi connectivity index (χ2v) is 4.14. The highest BCUT2D eigenvalue weighted by Gasteiger charge is 2.01. The molecule has 0 amide bonds. The Morgan fingerprint density at radius 2 is 2.12 bits per heavy atom. The maximum absolute atomic E-state index is 5.86. The van der Waals surface area contributed by atoms with Crippen LogP contribution in [0.2, 0.25) is 0 Å². The number of nitrogens with one attached hydrogen (secondary N) is 1. The van der Waals surface area contributed by atoms with Gasteiger partial charge in [0.05, 0.1) is 6.26 Å². The van der Waals surface area contributed by atoms with E-state index in [0.29, 0.717) is 0 Å². The number of rotatable bonds is 5. The van der Waals surface area contributed by atoms with E-state index in [1.807, 2.05) is 24.3 Å². The molecule has 0 bridgehead atoms. The molecule has 3 heteroatoms. The molecule has 0 aliphatic rings. The van der Waals surface area contributed by atoms with E-state index < -0.39 is 0 Å². The molecule has 2 rings (SSSR count). The summed E-state index contributed by atoms with van der Waals surface area (Å²) >= 11 is 0. The van der Waals surface area contributed by atoms with Gasteiger partial charge in [-0.3, -0.25) is 0 Å². The summed E-state index contributed by atoms with van der Waals surface area (Å²) in [5, 5.41) is 3.39. The lowest BCUT2D eigenvalue weighted by Crippen LogP contribution is -2.17. The summed E-state index contributed by atoms with van der Waals surface area (Å²) in [6.45, 7) is 3.80. The summed E-state index contributed by atoms with van der Waals surface area (Å²) in [5.74, 6) is 1.02. The molecule has 0 spiro atoms. The van der Waals surface area contributed by atoms with Crippen molar-refractivity contribution in [2.24, 2.45) is 0 Å². The first kappa shape index (κ1) is 11.7. The number of nitrogen functional groups attached to an aromatic ring is 1. The van der Waals surface area contributed by atoms with Crippen LogP contribution < -0.4 is 11.1 Å². The van der Waals surface area contributed by atoms with Crippen LogP contribution in [-0.2, 0) is 13.0 Å². The molecular weight excluding hydrogens is 212 g/mol. The molecule has 0 atom stereocenters. The summed E-state index contributed by atoms with van der Waals surface area (Å²) in [6, 6.07) is 9.93. The lowest BCUT2D eigenvalue weighted by atomic mass is 10.1. The monoisotopic (exact) mass is 230 g/mol. The van der Waals surface area contributed by atoms with E-state index in [-0.39, 0.29) is 0 Å². The van der Waals surface area contributed by atoms with Crippen molar-refractivity contribution in [2.45, 2.75) is 19.9 Å². The zero-order valence-corrected chi connectivity index (χ0v) is 10.1. The SMILES string of the molecule is Cc1c(N)cccc1CNCCc1ccco1. The van der Waals surface area contributed by atoms with Gasteiger partial charge in [0.25, 0.3) is 0 Å². The van der Waals surface area contributed by atoms with E-state index in [1.54, 1.807) is 6.26 Å². The third-order valence-electron chi connectivity index (χ3n) is 2.93. The molecule has 0 unspecified atom stereocenters. The topological polar surface area (TPSA) is 51.2 Å². The molecule has 0 saturated heterocycles. The molecule has 1 aromatic carbocycles. The van der Waals surface area contributed by atoms with E-state index >= 15 is 0 Å². The zero-order valence-electron chi connectivity index (χ0n) is 10.1. The van der Waals surface area contributed by atoms with Gasteiger partial charge in [-0.1, -0.05) is 12.1 Å². The van der Waals surface area contributed by atoms with Gasteiger partial charge in [-0.15, -0.1) is 0 Å².